The van der Waals surface area contributed by atoms with E-state index in [1.165, 1.54) is 0 Å². The molecule has 3 aromatic carbocycles. The maximum atomic E-state index is 10.7. The largest absolute Gasteiger partial charge is 0.393 e. The van der Waals surface area contributed by atoms with Crippen LogP contribution in [0.5, 0.6) is 0 Å². The van der Waals surface area contributed by atoms with Crippen LogP contribution in [-0.2, 0) is 43.5 Å². The monoisotopic (exact) mass is 518 g/mol. The molecular formula is C32H38O6. The molecule has 1 N–H and O–H groups in total. The number of rotatable bonds is 14. The highest BCUT2D eigenvalue weighted by Crippen LogP contribution is 2.33. The highest BCUT2D eigenvalue weighted by Gasteiger charge is 2.49. The highest BCUT2D eigenvalue weighted by molar-refractivity contribution is 5.15. The van der Waals surface area contributed by atoms with Gasteiger partial charge < -0.3 is 28.8 Å². The van der Waals surface area contributed by atoms with E-state index < -0.39 is 36.8 Å². The van der Waals surface area contributed by atoms with Gasteiger partial charge in [0.2, 0.25) is 0 Å². The van der Waals surface area contributed by atoms with Gasteiger partial charge in [-0.1, -0.05) is 97.1 Å². The summed E-state index contributed by atoms with van der Waals surface area (Å²) in [5, 5.41) is 10.7. The van der Waals surface area contributed by atoms with E-state index in [1.807, 2.05) is 91.0 Å². The Hall–Kier alpha value is -2.84. The molecule has 0 radical (unpaired) electrons. The average molecular weight is 519 g/mol. The lowest BCUT2D eigenvalue weighted by molar-refractivity contribution is -0.320. The molecule has 1 saturated heterocycles. The fourth-order valence-corrected chi connectivity index (χ4v) is 4.68. The summed E-state index contributed by atoms with van der Waals surface area (Å²) in [5.41, 5.74) is 3.12. The first-order valence-electron chi connectivity index (χ1n) is 13.1. The van der Waals surface area contributed by atoms with E-state index in [2.05, 4.69) is 6.58 Å². The number of aliphatic hydroxyl groups is 1. The van der Waals surface area contributed by atoms with Crippen molar-refractivity contribution in [3.63, 3.8) is 0 Å². The number of benzene rings is 3. The summed E-state index contributed by atoms with van der Waals surface area (Å²) < 4.78 is 31.7. The van der Waals surface area contributed by atoms with E-state index in [9.17, 15) is 5.11 Å². The van der Waals surface area contributed by atoms with Gasteiger partial charge in [0, 0.05) is 13.5 Å². The highest BCUT2D eigenvalue weighted by atomic mass is 16.7. The summed E-state index contributed by atoms with van der Waals surface area (Å²) in [5.74, 6) is 0. The molecule has 1 heterocycles. The van der Waals surface area contributed by atoms with Crippen molar-refractivity contribution in [2.24, 2.45) is 0 Å². The molecule has 0 unspecified atom stereocenters. The molecule has 4 rings (SSSR count). The maximum Gasteiger partial charge on any atom is 0.186 e. The molecule has 0 amide bonds. The molecule has 6 atom stereocenters. The van der Waals surface area contributed by atoms with Crippen molar-refractivity contribution in [1.29, 1.82) is 0 Å². The van der Waals surface area contributed by atoms with Gasteiger partial charge in [-0.05, 0) is 23.1 Å². The van der Waals surface area contributed by atoms with Crippen molar-refractivity contribution in [3.8, 4) is 0 Å². The normalized spacial score (nSPS) is 24.1. The SMILES string of the molecule is C=CC[C@H](O)C[C@H]1O[C@H](OC)[C@H](OCc2ccccc2)[C@@H](OCc2ccccc2)[C@@H]1OCc1ccccc1. The van der Waals surface area contributed by atoms with Crippen LogP contribution in [0.25, 0.3) is 0 Å². The van der Waals surface area contributed by atoms with Crippen LogP contribution >= 0.6 is 0 Å². The zero-order valence-electron chi connectivity index (χ0n) is 21.9. The van der Waals surface area contributed by atoms with E-state index in [4.69, 9.17) is 23.7 Å². The van der Waals surface area contributed by atoms with Crippen molar-refractivity contribution >= 4 is 0 Å². The lowest BCUT2D eigenvalue weighted by Crippen LogP contribution is -2.61. The topological polar surface area (TPSA) is 66.4 Å². The Balaban J connectivity index is 1.61. The Labute approximate surface area is 225 Å². The van der Waals surface area contributed by atoms with E-state index >= 15 is 0 Å². The van der Waals surface area contributed by atoms with Gasteiger partial charge in [-0.15, -0.1) is 6.58 Å². The van der Waals surface area contributed by atoms with Gasteiger partial charge in [0.25, 0.3) is 0 Å². The van der Waals surface area contributed by atoms with Crippen molar-refractivity contribution in [1.82, 2.24) is 0 Å². The maximum absolute atomic E-state index is 10.7. The summed E-state index contributed by atoms with van der Waals surface area (Å²) in [6.07, 6.45) is -0.877. The Morgan fingerprint density at radius 2 is 1.18 bits per heavy atom. The molecule has 1 aliphatic heterocycles. The predicted octanol–water partition coefficient (Wildman–Crippen LogP) is 5.44. The van der Waals surface area contributed by atoms with Gasteiger partial charge >= 0.3 is 0 Å². The van der Waals surface area contributed by atoms with Crippen LogP contribution in [0.4, 0.5) is 0 Å². The molecule has 1 fully saturated rings. The second-order valence-electron chi connectivity index (χ2n) is 9.48. The van der Waals surface area contributed by atoms with Crippen LogP contribution in [0.2, 0.25) is 0 Å². The minimum Gasteiger partial charge on any atom is -0.393 e. The minimum absolute atomic E-state index is 0.349. The summed E-state index contributed by atoms with van der Waals surface area (Å²) >= 11 is 0. The predicted molar refractivity (Wildman–Crippen MR) is 146 cm³/mol. The van der Waals surface area contributed by atoms with Crippen LogP contribution < -0.4 is 0 Å². The van der Waals surface area contributed by atoms with Gasteiger partial charge in [0.1, 0.15) is 18.3 Å². The van der Waals surface area contributed by atoms with Crippen molar-refractivity contribution in [3.05, 3.63) is 120 Å². The Bertz CT molecular complexity index is 1060. The molecule has 6 nitrogen and oxygen atoms in total. The van der Waals surface area contributed by atoms with E-state index in [0.717, 1.165) is 16.7 Å². The summed E-state index contributed by atoms with van der Waals surface area (Å²) in [6, 6.07) is 30.0. The van der Waals surface area contributed by atoms with E-state index in [-0.39, 0.29) is 0 Å². The Morgan fingerprint density at radius 3 is 1.63 bits per heavy atom. The molecule has 0 aromatic heterocycles. The third-order valence-electron chi connectivity index (χ3n) is 6.62. The number of aliphatic hydroxyl groups excluding tert-OH is 1. The number of hydrogen-bond donors (Lipinski definition) is 1. The molecule has 3 aromatic rings. The third kappa shape index (κ3) is 8.08. The fraction of sp³-hybridized carbons (Fsp3) is 0.375. The molecule has 1 aliphatic rings. The van der Waals surface area contributed by atoms with E-state index in [1.54, 1.807) is 13.2 Å². The molecule has 0 saturated carbocycles. The molecule has 38 heavy (non-hydrogen) atoms. The zero-order valence-corrected chi connectivity index (χ0v) is 21.9. The van der Waals surface area contributed by atoms with Gasteiger partial charge in [-0.3, -0.25) is 0 Å². The van der Waals surface area contributed by atoms with Crippen molar-refractivity contribution < 1.29 is 28.8 Å². The second kappa shape index (κ2) is 14.9. The number of methoxy groups -OCH3 is 1. The molecule has 0 spiro atoms. The Kier molecular flexibility index (Phi) is 11.1. The van der Waals surface area contributed by atoms with Gasteiger partial charge in [-0.2, -0.15) is 0 Å². The number of ether oxygens (including phenoxy) is 5. The van der Waals surface area contributed by atoms with Crippen molar-refractivity contribution in [2.75, 3.05) is 7.11 Å². The molecular weight excluding hydrogens is 480 g/mol. The standard InChI is InChI=1S/C32H38O6/c1-3-13-27(33)20-28-29(35-21-24-14-7-4-8-15-24)30(36-22-25-16-9-5-10-17-25)31(32(34-2)38-28)37-23-26-18-11-6-12-19-26/h3-12,14-19,27-33H,1,13,20-23H2,2H3/t27-,28+,29+,30-,31+,32-/m0/s1. The molecule has 202 valence electrons. The van der Waals surface area contributed by atoms with Crippen LogP contribution in [0, 0.1) is 0 Å². The second-order valence-corrected chi connectivity index (χ2v) is 9.48. The summed E-state index contributed by atoms with van der Waals surface area (Å²) in [6.45, 7) is 4.88. The summed E-state index contributed by atoms with van der Waals surface area (Å²) in [4.78, 5) is 0. The fourth-order valence-electron chi connectivity index (χ4n) is 4.68. The van der Waals surface area contributed by atoms with Gasteiger partial charge in [0.05, 0.1) is 32.0 Å². The molecule has 0 aliphatic carbocycles. The van der Waals surface area contributed by atoms with Gasteiger partial charge in [-0.25, -0.2) is 0 Å². The minimum atomic E-state index is -0.697. The van der Waals surface area contributed by atoms with Crippen LogP contribution in [-0.4, -0.2) is 49.0 Å². The van der Waals surface area contributed by atoms with Crippen molar-refractivity contribution in [2.45, 2.75) is 69.5 Å². The quantitative estimate of drug-likeness (QED) is 0.287. The lowest BCUT2D eigenvalue weighted by Gasteiger charge is -2.46. The van der Waals surface area contributed by atoms with Crippen LogP contribution in [0.3, 0.4) is 0 Å². The first-order valence-corrected chi connectivity index (χ1v) is 13.1. The first-order chi connectivity index (χ1) is 18.7. The summed E-state index contributed by atoms with van der Waals surface area (Å²) in [7, 11) is 1.60. The molecule has 0 bridgehead atoms. The molecule has 6 heteroatoms. The Morgan fingerprint density at radius 1 is 0.737 bits per heavy atom. The lowest BCUT2D eigenvalue weighted by atomic mass is 9.93. The van der Waals surface area contributed by atoms with Gasteiger partial charge in [0.15, 0.2) is 6.29 Å². The first kappa shape index (κ1) is 28.2. The smallest absolute Gasteiger partial charge is 0.186 e. The average Bonchev–Trinajstić information content (AvgIpc) is 2.96. The zero-order chi connectivity index (χ0) is 26.6. The number of hydrogen-bond acceptors (Lipinski definition) is 6. The van der Waals surface area contributed by atoms with E-state index in [0.29, 0.717) is 32.7 Å². The van der Waals surface area contributed by atoms with Crippen LogP contribution in [0.15, 0.2) is 104 Å². The third-order valence-corrected chi connectivity index (χ3v) is 6.62. The van der Waals surface area contributed by atoms with Crippen LogP contribution in [0.1, 0.15) is 29.5 Å².